The topological polar surface area (TPSA) is 133 Å². The molecular formula is C26H43N2O7P. The molecule has 0 fully saturated rings. The summed E-state index contributed by atoms with van der Waals surface area (Å²) in [5.74, 6) is -3.98. The van der Waals surface area contributed by atoms with Crippen LogP contribution in [-0.2, 0) is 25.3 Å². The lowest BCUT2D eigenvalue weighted by Gasteiger charge is -2.37. The van der Waals surface area contributed by atoms with Crippen molar-refractivity contribution in [1.82, 2.24) is 9.99 Å². The molecule has 0 spiro atoms. The van der Waals surface area contributed by atoms with Crippen molar-refractivity contribution in [3.63, 3.8) is 0 Å². The molecule has 0 aliphatic carbocycles. The molecule has 2 unspecified atom stereocenters. The third-order valence-electron chi connectivity index (χ3n) is 5.60. The highest BCUT2D eigenvalue weighted by atomic mass is 31.2. The van der Waals surface area contributed by atoms with E-state index in [0.717, 1.165) is 10.5 Å². The summed E-state index contributed by atoms with van der Waals surface area (Å²) in [6, 6.07) is 8.15. The fraction of sp³-hybridized carbons (Fsp3) is 0.654. The number of unbranched alkanes of at least 4 members (excludes halogenated alkanes) is 1. The number of aliphatic hydroxyl groups excluding tert-OH is 1. The molecule has 1 aromatic carbocycles. The zero-order chi connectivity index (χ0) is 27.3. The molecule has 204 valence electrons. The molecule has 1 rings (SSSR count). The van der Waals surface area contributed by atoms with Crippen LogP contribution in [0, 0.1) is 11.8 Å². The minimum absolute atomic E-state index is 0.0423. The van der Waals surface area contributed by atoms with Gasteiger partial charge in [-0.2, -0.15) is 0 Å². The van der Waals surface area contributed by atoms with E-state index in [1.807, 2.05) is 51.1 Å². The second kappa shape index (κ2) is 15.7. The first kappa shape index (κ1) is 31.6. The van der Waals surface area contributed by atoms with Crippen molar-refractivity contribution in [3.8, 4) is 0 Å². The number of carboxylic acids is 1. The van der Waals surface area contributed by atoms with Gasteiger partial charge in [-0.3, -0.25) is 19.3 Å². The summed E-state index contributed by atoms with van der Waals surface area (Å²) in [5.41, 5.74) is 1.03. The molecule has 0 bridgehead atoms. The van der Waals surface area contributed by atoms with Crippen LogP contribution in [0.25, 0.3) is 0 Å². The molecule has 0 aliphatic rings. The lowest BCUT2D eigenvalue weighted by atomic mass is 10.0. The van der Waals surface area contributed by atoms with E-state index in [0.29, 0.717) is 25.7 Å². The summed E-state index contributed by atoms with van der Waals surface area (Å²) in [5, 5.41) is 23.6. The van der Waals surface area contributed by atoms with Gasteiger partial charge in [0.1, 0.15) is 6.04 Å². The van der Waals surface area contributed by atoms with E-state index < -0.39 is 37.3 Å². The minimum Gasteiger partial charge on any atom is -0.480 e. The van der Waals surface area contributed by atoms with Gasteiger partial charge in [-0.1, -0.05) is 71.4 Å². The second-order valence-electron chi connectivity index (χ2n) is 9.95. The quantitative estimate of drug-likeness (QED) is 0.202. The zero-order valence-corrected chi connectivity index (χ0v) is 23.1. The number of aliphatic carboxylic acids is 1. The summed E-state index contributed by atoms with van der Waals surface area (Å²) in [7, 11) is -4.01. The Balaban J connectivity index is 3.24. The van der Waals surface area contributed by atoms with E-state index in [4.69, 9.17) is 4.74 Å². The Kier molecular flexibility index (Phi) is 13.8. The van der Waals surface area contributed by atoms with Crippen LogP contribution in [-0.4, -0.2) is 57.9 Å². The average Bonchev–Trinajstić information content (AvgIpc) is 2.81. The van der Waals surface area contributed by atoms with Crippen LogP contribution in [0.3, 0.4) is 0 Å². The number of ether oxygens (including phenoxy) is 1. The van der Waals surface area contributed by atoms with Crippen molar-refractivity contribution in [2.75, 3.05) is 12.8 Å². The van der Waals surface area contributed by atoms with E-state index >= 15 is 0 Å². The number of amides is 2. The maximum absolute atomic E-state index is 13.9. The number of aryl methyl sites for hydroxylation is 1. The van der Waals surface area contributed by atoms with Crippen molar-refractivity contribution < 1.29 is 33.9 Å². The van der Waals surface area contributed by atoms with Gasteiger partial charge in [0.05, 0.1) is 6.61 Å². The van der Waals surface area contributed by atoms with Gasteiger partial charge in [0, 0.05) is 12.6 Å². The molecule has 0 saturated heterocycles. The third kappa shape index (κ3) is 10.7. The van der Waals surface area contributed by atoms with Crippen LogP contribution >= 0.6 is 7.29 Å². The van der Waals surface area contributed by atoms with Gasteiger partial charge < -0.3 is 14.9 Å². The lowest BCUT2D eigenvalue weighted by molar-refractivity contribution is -0.156. The van der Waals surface area contributed by atoms with Gasteiger partial charge in [-0.25, -0.2) is 9.59 Å². The number of nitrogens with zero attached hydrogens (tertiary/aromatic N) is 1. The number of hydrogen-bond acceptors (Lipinski definition) is 6. The van der Waals surface area contributed by atoms with Crippen LogP contribution in [0.1, 0.15) is 72.3 Å². The smallest absolute Gasteiger partial charge is 0.412 e. The summed E-state index contributed by atoms with van der Waals surface area (Å²) >= 11 is 0. The third-order valence-corrected chi connectivity index (χ3v) is 8.13. The van der Waals surface area contributed by atoms with Crippen LogP contribution in [0.15, 0.2) is 30.3 Å². The molecule has 3 atom stereocenters. The van der Waals surface area contributed by atoms with Gasteiger partial charge in [0.15, 0.2) is 0 Å². The first-order valence-electron chi connectivity index (χ1n) is 12.7. The van der Waals surface area contributed by atoms with Crippen LogP contribution in [0.5, 0.6) is 0 Å². The number of aliphatic hydroxyl groups is 1. The van der Waals surface area contributed by atoms with Crippen molar-refractivity contribution in [1.29, 1.82) is 0 Å². The molecule has 0 aromatic heterocycles. The molecule has 0 heterocycles. The average molecular weight is 527 g/mol. The highest BCUT2D eigenvalue weighted by Gasteiger charge is 2.44. The highest BCUT2D eigenvalue weighted by molar-refractivity contribution is 7.63. The number of hydrogen-bond donors (Lipinski definition) is 3. The van der Waals surface area contributed by atoms with Crippen molar-refractivity contribution in [2.24, 2.45) is 11.8 Å². The molecule has 10 heteroatoms. The Bertz CT molecular complexity index is 876. The molecule has 0 radical (unpaired) electrons. The minimum atomic E-state index is -4.01. The molecule has 2 amide bonds. The molecule has 36 heavy (non-hydrogen) atoms. The summed E-state index contributed by atoms with van der Waals surface area (Å²) in [6.07, 6.45) is 0.990. The van der Waals surface area contributed by atoms with Gasteiger partial charge in [0.25, 0.3) is 0 Å². The Morgan fingerprint density at radius 1 is 1.06 bits per heavy atom. The van der Waals surface area contributed by atoms with E-state index in [9.17, 15) is 29.2 Å². The first-order valence-corrected chi connectivity index (χ1v) is 14.7. The lowest BCUT2D eigenvalue weighted by Crippen LogP contribution is -2.53. The Morgan fingerprint density at radius 2 is 1.69 bits per heavy atom. The van der Waals surface area contributed by atoms with E-state index in [-0.39, 0.29) is 37.4 Å². The number of carboxylic acid groups (broad SMARTS) is 1. The largest absolute Gasteiger partial charge is 0.480 e. The van der Waals surface area contributed by atoms with Gasteiger partial charge in [-0.15, -0.1) is 0 Å². The number of carbonyl (C=O) groups is 3. The van der Waals surface area contributed by atoms with Crippen molar-refractivity contribution in [3.05, 3.63) is 35.9 Å². The Labute approximate surface area is 215 Å². The van der Waals surface area contributed by atoms with Crippen molar-refractivity contribution in [2.45, 2.75) is 85.2 Å². The predicted octanol–water partition coefficient (Wildman–Crippen LogP) is 5.07. The zero-order valence-electron chi connectivity index (χ0n) is 22.2. The number of nitrogens with one attached hydrogen (secondary N) is 1. The van der Waals surface area contributed by atoms with Gasteiger partial charge in [-0.05, 0) is 43.1 Å². The summed E-state index contributed by atoms with van der Waals surface area (Å²) < 4.78 is 19.0. The van der Waals surface area contributed by atoms with Crippen molar-refractivity contribution >= 4 is 25.3 Å². The molecule has 0 aliphatic heterocycles. The van der Waals surface area contributed by atoms with Gasteiger partial charge >= 0.3 is 12.1 Å². The predicted molar refractivity (Wildman–Crippen MR) is 140 cm³/mol. The molecule has 9 nitrogen and oxygen atoms in total. The van der Waals surface area contributed by atoms with E-state index in [1.165, 1.54) is 0 Å². The van der Waals surface area contributed by atoms with Crippen LogP contribution < -0.4 is 5.09 Å². The maximum Gasteiger partial charge on any atom is 0.412 e. The van der Waals surface area contributed by atoms with Gasteiger partial charge in [0.2, 0.25) is 19.2 Å². The fourth-order valence-electron chi connectivity index (χ4n) is 3.71. The fourth-order valence-corrected chi connectivity index (χ4v) is 6.02. The normalized spacial score (nSPS) is 14.7. The number of rotatable bonds is 16. The SMILES string of the molecule is CCCCP(=O)(NC(=O)OCC(C)C)C(O)N(C(=O)CCCc1ccccc1)[C@@H](CC(C)C)C(=O)O. The Morgan fingerprint density at radius 3 is 2.22 bits per heavy atom. The monoisotopic (exact) mass is 526 g/mol. The van der Waals surface area contributed by atoms with E-state index in [1.54, 1.807) is 13.8 Å². The molecule has 1 aromatic rings. The first-order chi connectivity index (χ1) is 16.9. The molecular weight excluding hydrogens is 483 g/mol. The van der Waals surface area contributed by atoms with Crippen LogP contribution in [0.2, 0.25) is 0 Å². The molecule has 3 N–H and O–H groups in total. The summed E-state index contributed by atoms with van der Waals surface area (Å²) in [6.45, 7) is 9.25. The summed E-state index contributed by atoms with van der Waals surface area (Å²) in [4.78, 5) is 38.8. The van der Waals surface area contributed by atoms with Crippen LogP contribution in [0.4, 0.5) is 4.79 Å². The maximum atomic E-state index is 13.9. The standard InChI is InChI=1S/C26H43N2O7P/c1-6-7-16-36(34,27-25(32)35-18-20(4)5)26(33)28(22(24(30)31)17-19(2)3)23(29)15-11-14-21-12-9-8-10-13-21/h8-10,12-13,19-20,22,26,33H,6-7,11,14-18H2,1-5H3,(H,30,31)(H,27,32,34)/t22-,26?,36?/m0/s1. The molecule has 0 saturated carbocycles. The van der Waals surface area contributed by atoms with E-state index in [2.05, 4.69) is 5.09 Å². The number of carbonyl (C=O) groups excluding carboxylic acids is 2. The highest BCUT2D eigenvalue weighted by Crippen LogP contribution is 2.49. The number of benzene rings is 1. The Hall–Kier alpha value is -2.38. The second-order valence-corrected chi connectivity index (χ2v) is 12.7.